The lowest BCUT2D eigenvalue weighted by atomic mass is 10.1. The molecular weight excluding hydrogens is 587 g/mol. The Hall–Kier alpha value is -5.61. The van der Waals surface area contributed by atoms with Crippen molar-refractivity contribution in [3.8, 4) is 0 Å². The number of aromatic amines is 1. The molecule has 25 nitrogen and oxygen atoms in total. The van der Waals surface area contributed by atoms with E-state index >= 15 is 0 Å². The molecule has 0 aliphatic carbocycles. The fourth-order valence-corrected chi connectivity index (χ4v) is 2.61. The highest BCUT2D eigenvalue weighted by atomic mass is 31.0. The van der Waals surface area contributed by atoms with Crippen LogP contribution in [0.15, 0.2) is 10.2 Å². The number of hydrogen-bond donors (Lipinski definition) is 3. The normalized spacial score (nSPS) is 13.7. The number of rotatable bonds is 2. The minimum atomic E-state index is -3.89. The van der Waals surface area contributed by atoms with E-state index in [4.69, 9.17) is 15.3 Å². The molecule has 0 saturated carbocycles. The van der Waals surface area contributed by atoms with Crippen molar-refractivity contribution in [2.45, 2.75) is 52.6 Å². The summed E-state index contributed by atoms with van der Waals surface area (Å²) >= 11 is 0. The highest BCUT2D eigenvalue weighted by molar-refractivity contribution is 7.00. The molecule has 0 aliphatic rings. The predicted octanol–water partition coefficient (Wildman–Crippen LogP) is -2.52. The number of nitrogens with two attached hydrogens (primary N) is 2. The van der Waals surface area contributed by atoms with Gasteiger partial charge in [-0.1, -0.05) is 0 Å². The molecule has 0 aromatic carbocycles. The van der Waals surface area contributed by atoms with Gasteiger partial charge in [-0.3, -0.25) is 0 Å². The van der Waals surface area contributed by atoms with Crippen molar-refractivity contribution in [2.75, 3.05) is 11.5 Å². The molecule has 4 aromatic heterocycles. The number of hydrogen-bond acceptors (Lipinski definition) is 18. The fraction of sp³-hybridized carbons (Fsp3) is 0.500. The van der Waals surface area contributed by atoms with Gasteiger partial charge in [0, 0.05) is 14.7 Å². The minimum Gasteiger partial charge on any atom is -0.691 e. The van der Waals surface area contributed by atoms with Crippen molar-refractivity contribution in [3.05, 3.63) is 30.9 Å². The number of fused-ring (bicyclic) bond motifs is 2. The number of aromatic nitrogens is 12. The maximum Gasteiger partial charge on any atom is 0.403 e. The van der Waals surface area contributed by atoms with Crippen molar-refractivity contribution in [1.82, 2.24) is 40.6 Å². The van der Waals surface area contributed by atoms with Gasteiger partial charge in [-0.05, 0) is 41.5 Å². The first-order valence-electron chi connectivity index (χ1n) is 12.4. The minimum absolute atomic E-state index is 0.0416. The molecule has 0 radical (unpaired) electrons. The number of nitrogen functional groups attached to an aromatic ring is 2. The van der Waals surface area contributed by atoms with Crippen LogP contribution in [0.2, 0.25) is 0 Å². The van der Waals surface area contributed by atoms with Crippen LogP contribution in [0.25, 0.3) is 22.6 Å². The first kappa shape index (κ1) is 27.9. The second-order valence-corrected chi connectivity index (χ2v) is 9.73. The molecule has 4 aromatic rings. The van der Waals surface area contributed by atoms with Gasteiger partial charge in [0.2, 0.25) is 11.6 Å². The van der Waals surface area contributed by atoms with Gasteiger partial charge in [-0.25, -0.2) is 0 Å². The summed E-state index contributed by atoms with van der Waals surface area (Å²) in [4.78, 5) is 25.7. The Balaban J connectivity index is 0.000000276. The summed E-state index contributed by atoms with van der Waals surface area (Å²) in [5, 5.41) is 76.2. The Labute approximate surface area is 238 Å². The van der Waals surface area contributed by atoms with Crippen molar-refractivity contribution >= 4 is 54.8 Å². The predicted molar refractivity (Wildman–Crippen MR) is 139 cm³/mol. The number of H-pyrrole nitrogens is 1. The van der Waals surface area contributed by atoms with Gasteiger partial charge in [-0.2, -0.15) is 9.97 Å². The van der Waals surface area contributed by atoms with Gasteiger partial charge in [0.05, 0.1) is 33.9 Å². The zero-order valence-electron chi connectivity index (χ0n) is 25.7. The molecule has 4 heterocycles. The Morgan fingerprint density at radius 1 is 0.905 bits per heavy atom. The van der Waals surface area contributed by atoms with E-state index in [0.717, 1.165) is 0 Å². The molecule has 5 N–H and O–H groups in total. The Morgan fingerprint density at radius 2 is 1.38 bits per heavy atom. The van der Waals surface area contributed by atoms with Gasteiger partial charge >= 0.3 is 44.1 Å². The summed E-state index contributed by atoms with van der Waals surface area (Å²) in [7, 11) is -3.89. The molecule has 0 amide bonds. The molecule has 0 saturated heterocycles. The van der Waals surface area contributed by atoms with Crippen molar-refractivity contribution in [2.24, 2.45) is 10.2 Å². The molecule has 26 heteroatoms. The fourth-order valence-electron chi connectivity index (χ4n) is 2.61. The van der Waals surface area contributed by atoms with E-state index < -0.39 is 37.0 Å². The smallest absolute Gasteiger partial charge is 0.403 e. The quantitative estimate of drug-likeness (QED) is 0.0520. The van der Waals surface area contributed by atoms with E-state index in [2.05, 4.69) is 45.6 Å². The Bertz CT molecular complexity index is 1850. The number of nitrogens with zero attached hydrogens (tertiary/aromatic N) is 15. The maximum absolute atomic E-state index is 12.0. The van der Waals surface area contributed by atoms with Crippen LogP contribution in [0, 0.1) is 30.9 Å². The summed E-state index contributed by atoms with van der Waals surface area (Å²) in [5.41, 5.74) is 8.29. The average molecular weight is 618 g/mol. The van der Waals surface area contributed by atoms with Crippen LogP contribution in [-0.2, 0) is 4.57 Å². The monoisotopic (exact) mass is 618 g/mol. The van der Waals surface area contributed by atoms with Gasteiger partial charge < -0.3 is 42.1 Å². The zero-order valence-corrected chi connectivity index (χ0v) is 23.6. The highest BCUT2D eigenvalue weighted by Crippen LogP contribution is 2.27. The molecule has 0 spiro atoms. The number of azo groups is 2. The summed E-state index contributed by atoms with van der Waals surface area (Å²) in [6.45, 7) is 10.4. The first-order valence-corrected chi connectivity index (χ1v) is 11.4. The van der Waals surface area contributed by atoms with Crippen LogP contribution >= 0.6 is 8.95 Å². The van der Waals surface area contributed by atoms with Crippen molar-refractivity contribution in [1.29, 1.82) is 3.84 Å². The summed E-state index contributed by atoms with van der Waals surface area (Å²) in [6.07, 6.45) is 0. The third-order valence-electron chi connectivity index (χ3n) is 3.95. The standard InChI is InChI=1S/C12H22N8O2.C4HN10O4.H3OP/c1-11(2,3)17-19(21)9-7(13)15-8(14)10(16-9)20(22)18-12(4,5)6;15-11-3-1(7-13(17)9-11)5-2-4(6-3)12(16)10-14(18)8-2;1-2/h1-6H3,(H4,13,14,15);(H,5,7,8,9,10,17);2H3/q;+1;/i;;2T2D. The average Bonchev–Trinajstić information content (AvgIpc) is 2.80. The molecule has 0 fully saturated rings. The van der Waals surface area contributed by atoms with Gasteiger partial charge in [0.25, 0.3) is 0 Å². The zero-order chi connectivity index (χ0) is 34.7. The summed E-state index contributed by atoms with van der Waals surface area (Å²) in [6, 6.07) is 0. The SMILES string of the molecule is CC(C)(C)N=[N+]([O-])c1nc([N+]([O-])=NC(C)(C)C)c(N)nc1N.O=[n+]1nc2nc3n[n+]([O-])n[n+]([O-])c3nc2[n+]([O-])[nH]1.[2H]P([3H])([3H])=O. The van der Waals surface area contributed by atoms with Gasteiger partial charge in [-0.15, -0.1) is 24.9 Å². The van der Waals surface area contributed by atoms with E-state index in [1.165, 1.54) is 0 Å². The van der Waals surface area contributed by atoms with Crippen LogP contribution in [0.3, 0.4) is 0 Å². The number of anilines is 2. The molecule has 0 aliphatic heterocycles. The Kier molecular flexibility index (Phi) is 8.17. The second kappa shape index (κ2) is 12.3. The molecule has 0 bridgehead atoms. The van der Waals surface area contributed by atoms with Crippen LogP contribution in [0.4, 0.5) is 23.3 Å². The molecule has 42 heavy (non-hydrogen) atoms. The second-order valence-electron chi connectivity index (χ2n) is 9.73. The van der Waals surface area contributed by atoms with E-state index in [1.807, 2.05) is 0 Å². The molecular formula is C16H26N18O7P+. The lowest BCUT2D eigenvalue weighted by Gasteiger charge is -2.15. The summed E-state index contributed by atoms with van der Waals surface area (Å²) in [5.74, 6) is -1.03. The van der Waals surface area contributed by atoms with Crippen LogP contribution in [-0.4, -0.2) is 65.2 Å². The summed E-state index contributed by atoms with van der Waals surface area (Å²) < 4.78 is 26.5. The molecule has 226 valence electrons. The van der Waals surface area contributed by atoms with Gasteiger partial charge in [0.15, 0.2) is 0 Å². The van der Waals surface area contributed by atoms with E-state index in [9.17, 15) is 35.5 Å². The largest absolute Gasteiger partial charge is 0.691 e. The van der Waals surface area contributed by atoms with Crippen LogP contribution in [0.5, 0.6) is 0 Å². The van der Waals surface area contributed by atoms with Crippen molar-refractivity contribution in [3.63, 3.8) is 0 Å². The molecule has 0 atom stereocenters. The first-order chi connectivity index (χ1) is 20.3. The molecule has 0 unspecified atom stereocenters. The lowest BCUT2D eigenvalue weighted by molar-refractivity contribution is -0.864. The Morgan fingerprint density at radius 3 is 1.86 bits per heavy atom. The van der Waals surface area contributed by atoms with Crippen molar-refractivity contribution < 1.29 is 33.6 Å². The third-order valence-corrected chi connectivity index (χ3v) is 3.95. The van der Waals surface area contributed by atoms with E-state index in [1.54, 1.807) is 46.8 Å². The van der Waals surface area contributed by atoms with Crippen LogP contribution in [0.1, 0.15) is 41.5 Å². The molecule has 4 rings (SSSR count). The van der Waals surface area contributed by atoms with E-state index in [0.29, 0.717) is 0 Å². The number of nitrogens with one attached hydrogen (secondary N) is 1. The van der Waals surface area contributed by atoms with E-state index in [-0.39, 0.29) is 57.9 Å². The lowest BCUT2D eigenvalue weighted by Crippen LogP contribution is -2.51. The maximum atomic E-state index is 12.0. The van der Waals surface area contributed by atoms with Crippen LogP contribution < -0.4 is 30.8 Å². The highest BCUT2D eigenvalue weighted by Gasteiger charge is 2.27. The van der Waals surface area contributed by atoms with Gasteiger partial charge in [0.1, 0.15) is 15.3 Å². The third kappa shape index (κ3) is 8.20. The topological polar surface area (TPSA) is 356 Å².